The van der Waals surface area contributed by atoms with Crippen LogP contribution in [-0.2, 0) is 0 Å². The molecule has 0 amide bonds. The van der Waals surface area contributed by atoms with E-state index in [4.69, 9.17) is 5.73 Å². The zero-order valence-corrected chi connectivity index (χ0v) is 16.3. The van der Waals surface area contributed by atoms with Crippen LogP contribution >= 0.6 is 24.0 Å². The highest BCUT2D eigenvalue weighted by molar-refractivity contribution is 14.0. The van der Waals surface area contributed by atoms with Gasteiger partial charge in [0.2, 0.25) is 5.95 Å². The molecule has 0 saturated carbocycles. The standard InChI is InChI=1S/C16H22N8.HI/c17-15(20-9-8-19-14-2-6-18-7-3-14)23-10-12-24(13-11-23)16-21-4-1-5-22-16;/h1-7H,8-13H2,(H2,17,20)(H,18,19);1H. The fraction of sp³-hybridized carbons (Fsp3) is 0.375. The minimum absolute atomic E-state index is 0. The second-order valence-electron chi connectivity index (χ2n) is 5.43. The van der Waals surface area contributed by atoms with E-state index >= 15 is 0 Å². The molecule has 3 rings (SSSR count). The van der Waals surface area contributed by atoms with Gasteiger partial charge in [0.1, 0.15) is 0 Å². The Labute approximate surface area is 164 Å². The zero-order chi connectivity index (χ0) is 16.6. The third-order valence-corrected chi connectivity index (χ3v) is 3.83. The fourth-order valence-electron chi connectivity index (χ4n) is 2.53. The summed E-state index contributed by atoms with van der Waals surface area (Å²) in [7, 11) is 0. The lowest BCUT2D eigenvalue weighted by molar-refractivity contribution is 0.378. The van der Waals surface area contributed by atoms with Crippen LogP contribution in [0.5, 0.6) is 0 Å². The van der Waals surface area contributed by atoms with Crippen LogP contribution in [-0.4, -0.2) is 65.1 Å². The Morgan fingerprint density at radius 1 is 1.08 bits per heavy atom. The van der Waals surface area contributed by atoms with Crippen molar-refractivity contribution < 1.29 is 0 Å². The first-order valence-electron chi connectivity index (χ1n) is 8.03. The summed E-state index contributed by atoms with van der Waals surface area (Å²) in [5, 5.41) is 3.29. The van der Waals surface area contributed by atoms with Crippen molar-refractivity contribution in [1.29, 1.82) is 0 Å². The van der Waals surface area contributed by atoms with Gasteiger partial charge in [0.15, 0.2) is 5.96 Å². The molecule has 0 aromatic carbocycles. The number of hydrogen-bond donors (Lipinski definition) is 2. The minimum Gasteiger partial charge on any atom is -0.383 e. The molecular formula is C16H23IN8. The molecule has 0 bridgehead atoms. The van der Waals surface area contributed by atoms with E-state index in [9.17, 15) is 0 Å². The summed E-state index contributed by atoms with van der Waals surface area (Å²) in [6.07, 6.45) is 7.05. The predicted octanol–water partition coefficient (Wildman–Crippen LogP) is 1.04. The van der Waals surface area contributed by atoms with Crippen LogP contribution in [0.3, 0.4) is 0 Å². The Morgan fingerprint density at radius 2 is 1.76 bits per heavy atom. The Balaban J connectivity index is 0.00000225. The predicted molar refractivity (Wildman–Crippen MR) is 110 cm³/mol. The molecule has 2 aromatic heterocycles. The number of guanidine groups is 1. The van der Waals surface area contributed by atoms with Gasteiger partial charge in [-0.1, -0.05) is 0 Å². The van der Waals surface area contributed by atoms with Crippen molar-refractivity contribution in [1.82, 2.24) is 19.9 Å². The summed E-state index contributed by atoms with van der Waals surface area (Å²) in [4.78, 5) is 21.3. The number of nitrogens with zero attached hydrogens (tertiary/aromatic N) is 6. The van der Waals surface area contributed by atoms with E-state index in [0.29, 0.717) is 12.5 Å². The molecule has 3 N–H and O–H groups in total. The minimum atomic E-state index is 0. The average Bonchev–Trinajstić information content (AvgIpc) is 2.67. The molecule has 25 heavy (non-hydrogen) atoms. The van der Waals surface area contributed by atoms with Gasteiger partial charge in [-0.05, 0) is 18.2 Å². The quantitative estimate of drug-likeness (QED) is 0.302. The van der Waals surface area contributed by atoms with Crippen LogP contribution in [0.4, 0.5) is 11.6 Å². The Morgan fingerprint density at radius 3 is 2.44 bits per heavy atom. The number of halogens is 1. The third kappa shape index (κ3) is 5.69. The van der Waals surface area contributed by atoms with Crippen molar-refractivity contribution in [2.45, 2.75) is 0 Å². The smallest absolute Gasteiger partial charge is 0.225 e. The van der Waals surface area contributed by atoms with Gasteiger partial charge < -0.3 is 20.9 Å². The molecule has 0 atom stereocenters. The molecule has 2 aromatic rings. The van der Waals surface area contributed by atoms with Crippen LogP contribution in [0.25, 0.3) is 0 Å². The van der Waals surface area contributed by atoms with Crippen LogP contribution in [0.2, 0.25) is 0 Å². The highest BCUT2D eigenvalue weighted by Gasteiger charge is 2.19. The van der Waals surface area contributed by atoms with E-state index < -0.39 is 0 Å². The normalized spacial score (nSPS) is 14.8. The molecule has 0 spiro atoms. The van der Waals surface area contributed by atoms with E-state index in [1.165, 1.54) is 0 Å². The number of nitrogens with two attached hydrogens (primary N) is 1. The van der Waals surface area contributed by atoms with Gasteiger partial charge in [-0.15, -0.1) is 24.0 Å². The molecule has 0 aliphatic carbocycles. The van der Waals surface area contributed by atoms with Crippen molar-refractivity contribution in [3.63, 3.8) is 0 Å². The molecule has 1 saturated heterocycles. The summed E-state index contributed by atoms with van der Waals surface area (Å²) in [6, 6.07) is 5.68. The van der Waals surface area contributed by atoms with Gasteiger partial charge >= 0.3 is 0 Å². The van der Waals surface area contributed by atoms with Crippen molar-refractivity contribution in [2.24, 2.45) is 10.7 Å². The molecule has 3 heterocycles. The lowest BCUT2D eigenvalue weighted by atomic mass is 10.3. The van der Waals surface area contributed by atoms with Gasteiger partial charge in [0, 0.05) is 63.2 Å². The number of aliphatic imine (C=N–C) groups is 1. The van der Waals surface area contributed by atoms with E-state index in [0.717, 1.165) is 44.4 Å². The Hall–Kier alpha value is -2.17. The zero-order valence-electron chi connectivity index (χ0n) is 14.0. The summed E-state index contributed by atoms with van der Waals surface area (Å²) in [5.41, 5.74) is 7.14. The number of piperazine rings is 1. The molecule has 1 fully saturated rings. The summed E-state index contributed by atoms with van der Waals surface area (Å²) < 4.78 is 0. The van der Waals surface area contributed by atoms with E-state index in [-0.39, 0.29) is 24.0 Å². The van der Waals surface area contributed by atoms with Crippen molar-refractivity contribution in [2.75, 3.05) is 49.5 Å². The maximum atomic E-state index is 6.10. The van der Waals surface area contributed by atoms with Gasteiger partial charge in [0.25, 0.3) is 0 Å². The molecule has 8 nitrogen and oxygen atoms in total. The first-order valence-corrected chi connectivity index (χ1v) is 8.03. The number of rotatable bonds is 5. The van der Waals surface area contributed by atoms with E-state index in [1.54, 1.807) is 24.8 Å². The maximum absolute atomic E-state index is 6.10. The van der Waals surface area contributed by atoms with Crippen LogP contribution in [0.15, 0.2) is 48.0 Å². The van der Waals surface area contributed by atoms with E-state index in [2.05, 4.69) is 35.1 Å². The highest BCUT2D eigenvalue weighted by Crippen LogP contribution is 2.09. The average molecular weight is 454 g/mol. The molecule has 0 unspecified atom stereocenters. The molecule has 1 aliphatic rings. The second-order valence-corrected chi connectivity index (χ2v) is 5.43. The number of anilines is 2. The van der Waals surface area contributed by atoms with E-state index in [1.807, 2.05) is 18.2 Å². The largest absolute Gasteiger partial charge is 0.383 e. The van der Waals surface area contributed by atoms with Gasteiger partial charge in [-0.3, -0.25) is 9.98 Å². The number of pyridine rings is 1. The molecule has 1 aliphatic heterocycles. The fourth-order valence-corrected chi connectivity index (χ4v) is 2.53. The first-order chi connectivity index (χ1) is 11.8. The molecule has 134 valence electrons. The Bertz CT molecular complexity index is 644. The summed E-state index contributed by atoms with van der Waals surface area (Å²) >= 11 is 0. The van der Waals surface area contributed by atoms with Crippen LogP contribution < -0.4 is 16.0 Å². The van der Waals surface area contributed by atoms with Crippen LogP contribution in [0, 0.1) is 0 Å². The van der Waals surface area contributed by atoms with Crippen molar-refractivity contribution in [3.8, 4) is 0 Å². The molecule has 9 heteroatoms. The van der Waals surface area contributed by atoms with Crippen molar-refractivity contribution in [3.05, 3.63) is 43.0 Å². The second kappa shape index (κ2) is 9.97. The third-order valence-electron chi connectivity index (χ3n) is 3.83. The first kappa shape index (κ1) is 19.2. The topological polar surface area (TPSA) is 95.6 Å². The number of aromatic nitrogens is 3. The SMILES string of the molecule is I.NC(=NCCNc1ccncc1)N1CCN(c2ncccn2)CC1. The molecular weight excluding hydrogens is 431 g/mol. The van der Waals surface area contributed by atoms with Crippen LogP contribution in [0.1, 0.15) is 0 Å². The van der Waals surface area contributed by atoms with Gasteiger partial charge in [0.05, 0.1) is 6.54 Å². The van der Waals surface area contributed by atoms with Crippen molar-refractivity contribution >= 4 is 41.6 Å². The monoisotopic (exact) mass is 454 g/mol. The maximum Gasteiger partial charge on any atom is 0.225 e. The lowest BCUT2D eigenvalue weighted by Crippen LogP contribution is -2.51. The summed E-state index contributed by atoms with van der Waals surface area (Å²) in [5.74, 6) is 1.37. The number of nitrogens with one attached hydrogen (secondary N) is 1. The molecule has 0 radical (unpaired) electrons. The van der Waals surface area contributed by atoms with Gasteiger partial charge in [-0.25, -0.2) is 9.97 Å². The highest BCUT2D eigenvalue weighted by atomic mass is 127. The number of hydrogen-bond acceptors (Lipinski definition) is 6. The van der Waals surface area contributed by atoms with Gasteiger partial charge in [-0.2, -0.15) is 0 Å². The lowest BCUT2D eigenvalue weighted by Gasteiger charge is -2.35. The summed E-state index contributed by atoms with van der Waals surface area (Å²) in [6.45, 7) is 4.71. The Kier molecular flexibility index (Phi) is 7.64.